The van der Waals surface area contributed by atoms with Gasteiger partial charge in [-0.05, 0) is 42.1 Å². The van der Waals surface area contributed by atoms with Crippen LogP contribution in [-0.2, 0) is 0 Å². The van der Waals surface area contributed by atoms with Gasteiger partial charge in [0.25, 0.3) is 0 Å². The predicted octanol–water partition coefficient (Wildman–Crippen LogP) is 4.99. The molecule has 16 heavy (non-hydrogen) atoms. The van der Waals surface area contributed by atoms with Gasteiger partial charge >= 0.3 is 0 Å². The summed E-state index contributed by atoms with van der Waals surface area (Å²) in [6.07, 6.45) is 3.97. The standard InChI is InChI=1S/C15H21Br/c1-3-15(4-2,11-16)14-10-13(14)12-8-6-5-7-9-12/h5-9,13-14H,3-4,10-11H2,1-2H3. The number of hydrogen-bond acceptors (Lipinski definition) is 0. The lowest BCUT2D eigenvalue weighted by atomic mass is 9.78. The summed E-state index contributed by atoms with van der Waals surface area (Å²) in [6, 6.07) is 11.0. The quantitative estimate of drug-likeness (QED) is 0.667. The molecule has 1 heteroatoms. The molecule has 2 atom stereocenters. The van der Waals surface area contributed by atoms with E-state index in [0.29, 0.717) is 5.41 Å². The lowest BCUT2D eigenvalue weighted by Crippen LogP contribution is -2.24. The Morgan fingerprint density at radius 2 is 1.81 bits per heavy atom. The van der Waals surface area contributed by atoms with Gasteiger partial charge in [-0.2, -0.15) is 0 Å². The van der Waals surface area contributed by atoms with Crippen LogP contribution < -0.4 is 0 Å². The average Bonchev–Trinajstić information content (AvgIpc) is 3.14. The van der Waals surface area contributed by atoms with Crippen LogP contribution in [0.25, 0.3) is 0 Å². The third-order valence-electron chi connectivity index (χ3n) is 4.48. The fraction of sp³-hybridized carbons (Fsp3) is 0.600. The van der Waals surface area contributed by atoms with Gasteiger partial charge in [0.15, 0.2) is 0 Å². The lowest BCUT2D eigenvalue weighted by Gasteiger charge is -2.30. The molecule has 0 N–H and O–H groups in total. The van der Waals surface area contributed by atoms with Gasteiger partial charge in [-0.1, -0.05) is 60.1 Å². The Kier molecular flexibility index (Phi) is 3.73. The SMILES string of the molecule is CCC(CC)(CBr)C1CC1c1ccccc1. The molecule has 1 aliphatic rings. The molecule has 0 heterocycles. The van der Waals surface area contributed by atoms with Crippen molar-refractivity contribution in [3.8, 4) is 0 Å². The van der Waals surface area contributed by atoms with E-state index in [1.54, 1.807) is 5.56 Å². The van der Waals surface area contributed by atoms with Crippen molar-refractivity contribution >= 4 is 15.9 Å². The van der Waals surface area contributed by atoms with E-state index in [1.165, 1.54) is 19.3 Å². The molecule has 0 bridgehead atoms. The number of hydrogen-bond donors (Lipinski definition) is 0. The molecule has 0 saturated heterocycles. The molecule has 0 spiro atoms. The number of halogens is 1. The van der Waals surface area contributed by atoms with Crippen molar-refractivity contribution in [1.29, 1.82) is 0 Å². The van der Waals surface area contributed by atoms with Crippen molar-refractivity contribution in [2.24, 2.45) is 11.3 Å². The van der Waals surface area contributed by atoms with Crippen LogP contribution in [0.5, 0.6) is 0 Å². The molecule has 2 rings (SSSR count). The van der Waals surface area contributed by atoms with Crippen molar-refractivity contribution in [1.82, 2.24) is 0 Å². The van der Waals surface area contributed by atoms with Gasteiger partial charge in [-0.15, -0.1) is 0 Å². The molecular weight excluding hydrogens is 260 g/mol. The van der Waals surface area contributed by atoms with E-state index in [-0.39, 0.29) is 0 Å². The summed E-state index contributed by atoms with van der Waals surface area (Å²) < 4.78 is 0. The van der Waals surface area contributed by atoms with E-state index in [2.05, 4.69) is 60.1 Å². The van der Waals surface area contributed by atoms with E-state index >= 15 is 0 Å². The average molecular weight is 281 g/mol. The van der Waals surface area contributed by atoms with Crippen LogP contribution in [0.4, 0.5) is 0 Å². The minimum absolute atomic E-state index is 0.528. The molecule has 0 radical (unpaired) electrons. The number of benzene rings is 1. The van der Waals surface area contributed by atoms with E-state index < -0.39 is 0 Å². The van der Waals surface area contributed by atoms with Crippen LogP contribution >= 0.6 is 15.9 Å². The summed E-state index contributed by atoms with van der Waals surface area (Å²) in [5, 5.41) is 1.15. The molecule has 0 aliphatic heterocycles. The monoisotopic (exact) mass is 280 g/mol. The number of alkyl halides is 1. The molecule has 1 saturated carbocycles. The van der Waals surface area contributed by atoms with Gasteiger partial charge in [0, 0.05) is 5.33 Å². The van der Waals surface area contributed by atoms with E-state index in [9.17, 15) is 0 Å². The molecule has 2 unspecified atom stereocenters. The predicted molar refractivity (Wildman–Crippen MR) is 74.1 cm³/mol. The summed E-state index contributed by atoms with van der Waals surface area (Å²) in [6.45, 7) is 4.68. The summed E-state index contributed by atoms with van der Waals surface area (Å²) in [5.74, 6) is 1.71. The highest BCUT2D eigenvalue weighted by Crippen LogP contribution is 2.60. The van der Waals surface area contributed by atoms with Crippen molar-refractivity contribution in [2.75, 3.05) is 5.33 Å². The lowest BCUT2D eigenvalue weighted by molar-refractivity contribution is 0.255. The molecule has 1 aliphatic carbocycles. The Hall–Kier alpha value is -0.300. The van der Waals surface area contributed by atoms with E-state index in [0.717, 1.165) is 17.2 Å². The maximum Gasteiger partial charge on any atom is 0.00906 e. The van der Waals surface area contributed by atoms with Gasteiger partial charge in [0.2, 0.25) is 0 Å². The third-order valence-corrected chi connectivity index (χ3v) is 5.60. The van der Waals surface area contributed by atoms with Crippen LogP contribution in [0.2, 0.25) is 0 Å². The summed E-state index contributed by atoms with van der Waals surface area (Å²) in [5.41, 5.74) is 2.07. The maximum atomic E-state index is 3.73. The second-order valence-electron chi connectivity index (χ2n) is 5.06. The van der Waals surface area contributed by atoms with Crippen LogP contribution in [0, 0.1) is 11.3 Å². The summed E-state index contributed by atoms with van der Waals surface area (Å²) >= 11 is 3.73. The van der Waals surface area contributed by atoms with E-state index in [4.69, 9.17) is 0 Å². The summed E-state index contributed by atoms with van der Waals surface area (Å²) in [7, 11) is 0. The topological polar surface area (TPSA) is 0 Å². The van der Waals surface area contributed by atoms with Crippen molar-refractivity contribution in [3.63, 3.8) is 0 Å². The molecule has 0 aromatic heterocycles. The molecule has 1 aromatic carbocycles. The Morgan fingerprint density at radius 3 is 2.31 bits per heavy atom. The molecular formula is C15H21Br. The first-order valence-corrected chi connectivity index (χ1v) is 7.50. The van der Waals surface area contributed by atoms with Crippen LogP contribution in [0.15, 0.2) is 30.3 Å². The van der Waals surface area contributed by atoms with Crippen molar-refractivity contribution in [3.05, 3.63) is 35.9 Å². The van der Waals surface area contributed by atoms with Crippen molar-refractivity contribution in [2.45, 2.75) is 39.0 Å². The zero-order valence-corrected chi connectivity index (χ0v) is 11.8. The Labute approximate surface area is 108 Å². The normalized spacial score (nSPS) is 24.4. The molecule has 0 nitrogen and oxygen atoms in total. The Morgan fingerprint density at radius 1 is 1.19 bits per heavy atom. The zero-order valence-electron chi connectivity index (χ0n) is 10.2. The van der Waals surface area contributed by atoms with Crippen molar-refractivity contribution < 1.29 is 0 Å². The summed E-state index contributed by atoms with van der Waals surface area (Å²) in [4.78, 5) is 0. The first-order valence-electron chi connectivity index (χ1n) is 6.38. The maximum absolute atomic E-state index is 3.73. The molecule has 1 fully saturated rings. The highest BCUT2D eigenvalue weighted by atomic mass is 79.9. The van der Waals surface area contributed by atoms with Crippen LogP contribution in [-0.4, -0.2) is 5.33 Å². The second kappa shape index (κ2) is 4.91. The minimum atomic E-state index is 0.528. The van der Waals surface area contributed by atoms with Gasteiger partial charge in [-0.3, -0.25) is 0 Å². The zero-order chi connectivity index (χ0) is 11.6. The van der Waals surface area contributed by atoms with Gasteiger partial charge in [0.05, 0.1) is 0 Å². The largest absolute Gasteiger partial charge is 0.0922 e. The number of rotatable bonds is 5. The fourth-order valence-electron chi connectivity index (χ4n) is 3.00. The first-order chi connectivity index (χ1) is 7.77. The third kappa shape index (κ3) is 2.07. The minimum Gasteiger partial charge on any atom is -0.0922 e. The fourth-order valence-corrected chi connectivity index (χ4v) is 4.21. The van der Waals surface area contributed by atoms with E-state index in [1.807, 2.05) is 0 Å². The van der Waals surface area contributed by atoms with Gasteiger partial charge in [-0.25, -0.2) is 0 Å². The highest BCUT2D eigenvalue weighted by Gasteiger charge is 2.50. The van der Waals surface area contributed by atoms with Gasteiger partial charge in [0.1, 0.15) is 0 Å². The molecule has 0 amide bonds. The second-order valence-corrected chi connectivity index (χ2v) is 5.62. The Balaban J connectivity index is 2.11. The first kappa shape index (κ1) is 12.2. The smallest absolute Gasteiger partial charge is 0.00906 e. The molecule has 1 aromatic rings. The molecule has 88 valence electrons. The van der Waals surface area contributed by atoms with Crippen LogP contribution in [0.1, 0.15) is 44.6 Å². The Bertz CT molecular complexity index is 318. The van der Waals surface area contributed by atoms with Crippen LogP contribution in [0.3, 0.4) is 0 Å². The highest BCUT2D eigenvalue weighted by molar-refractivity contribution is 9.09. The van der Waals surface area contributed by atoms with Gasteiger partial charge < -0.3 is 0 Å².